The third-order valence-corrected chi connectivity index (χ3v) is 3.33. The van der Waals surface area contributed by atoms with Gasteiger partial charge in [0.15, 0.2) is 0 Å². The molecule has 2 saturated heterocycles. The minimum atomic E-state index is -0.780. The molecular weight excluding hydrogens is 220 g/mol. The van der Waals surface area contributed by atoms with Gasteiger partial charge in [0, 0.05) is 6.42 Å². The van der Waals surface area contributed by atoms with Gasteiger partial charge in [-0.2, -0.15) is 0 Å². The highest BCUT2D eigenvalue weighted by Gasteiger charge is 2.44. The molecule has 0 aliphatic carbocycles. The maximum Gasteiger partial charge on any atom is 0.308 e. The molecule has 17 heavy (non-hydrogen) atoms. The molecular formula is C13H14O4. The molecule has 0 unspecified atom stereocenters. The Hall–Kier alpha value is -1.39. The van der Waals surface area contributed by atoms with E-state index >= 15 is 0 Å². The summed E-state index contributed by atoms with van der Waals surface area (Å²) in [4.78, 5) is 11.3. The van der Waals surface area contributed by atoms with Gasteiger partial charge in [0.2, 0.25) is 0 Å². The second-order valence-electron chi connectivity index (χ2n) is 4.55. The van der Waals surface area contributed by atoms with E-state index in [4.69, 9.17) is 9.47 Å². The second kappa shape index (κ2) is 4.13. The molecule has 2 aliphatic rings. The van der Waals surface area contributed by atoms with Crippen LogP contribution < -0.4 is 0 Å². The molecule has 2 bridgehead atoms. The summed E-state index contributed by atoms with van der Waals surface area (Å²) >= 11 is 0. The molecule has 4 nitrogen and oxygen atoms in total. The molecule has 2 fully saturated rings. The van der Waals surface area contributed by atoms with Crippen LogP contribution in [0.25, 0.3) is 0 Å². The molecule has 3 rings (SSSR count). The maximum atomic E-state index is 11.3. The van der Waals surface area contributed by atoms with Gasteiger partial charge >= 0.3 is 5.97 Å². The van der Waals surface area contributed by atoms with Crippen molar-refractivity contribution >= 4 is 5.97 Å². The molecule has 2 aliphatic heterocycles. The highest BCUT2D eigenvalue weighted by atomic mass is 16.6. The van der Waals surface area contributed by atoms with Gasteiger partial charge in [0.1, 0.15) is 18.3 Å². The largest absolute Gasteiger partial charge is 0.459 e. The topological polar surface area (TPSA) is 55.8 Å². The van der Waals surface area contributed by atoms with Crippen molar-refractivity contribution in [2.75, 3.05) is 0 Å². The summed E-state index contributed by atoms with van der Waals surface area (Å²) in [6.45, 7) is 0. The van der Waals surface area contributed by atoms with E-state index in [0.717, 1.165) is 5.56 Å². The van der Waals surface area contributed by atoms with E-state index in [0.29, 0.717) is 6.42 Å². The Bertz CT molecular complexity index is 417. The van der Waals surface area contributed by atoms with E-state index < -0.39 is 18.3 Å². The zero-order valence-electron chi connectivity index (χ0n) is 9.28. The van der Waals surface area contributed by atoms with Crippen LogP contribution in [0.3, 0.4) is 0 Å². The van der Waals surface area contributed by atoms with Crippen molar-refractivity contribution in [3.8, 4) is 0 Å². The molecule has 1 aromatic carbocycles. The normalized spacial score (nSPS) is 36.4. The third-order valence-electron chi connectivity index (χ3n) is 3.33. The summed E-state index contributed by atoms with van der Waals surface area (Å²) in [6.07, 6.45) is -0.857. The molecule has 4 atom stereocenters. The summed E-state index contributed by atoms with van der Waals surface area (Å²) in [5, 5.41) is 10.1. The van der Waals surface area contributed by atoms with Gasteiger partial charge < -0.3 is 14.6 Å². The molecule has 90 valence electrons. The predicted molar refractivity (Wildman–Crippen MR) is 59.2 cm³/mol. The number of hydrogen-bond donors (Lipinski definition) is 1. The van der Waals surface area contributed by atoms with Gasteiger partial charge in [0.25, 0.3) is 0 Å². The molecule has 0 saturated carbocycles. The minimum Gasteiger partial charge on any atom is -0.459 e. The van der Waals surface area contributed by atoms with Crippen molar-refractivity contribution in [1.29, 1.82) is 0 Å². The highest BCUT2D eigenvalue weighted by Crippen LogP contribution is 2.37. The van der Waals surface area contributed by atoms with Gasteiger partial charge in [-0.25, -0.2) is 0 Å². The number of aliphatic hydroxyl groups is 1. The van der Waals surface area contributed by atoms with Crippen LogP contribution in [0.4, 0.5) is 0 Å². The summed E-state index contributed by atoms with van der Waals surface area (Å²) in [7, 11) is 0. The van der Waals surface area contributed by atoms with Crippen molar-refractivity contribution in [3.63, 3.8) is 0 Å². The molecule has 1 N–H and O–H groups in total. The first-order chi connectivity index (χ1) is 8.24. The average Bonchev–Trinajstić information content (AvgIpc) is 2.34. The van der Waals surface area contributed by atoms with Gasteiger partial charge in [-0.1, -0.05) is 30.3 Å². The number of aliphatic hydroxyl groups excluding tert-OH is 1. The van der Waals surface area contributed by atoms with E-state index in [9.17, 15) is 9.90 Å². The van der Waals surface area contributed by atoms with E-state index in [-0.39, 0.29) is 18.5 Å². The van der Waals surface area contributed by atoms with Gasteiger partial charge in [0.05, 0.1) is 12.5 Å². The molecule has 1 aromatic rings. The molecule has 2 heterocycles. The lowest BCUT2D eigenvalue weighted by molar-refractivity contribution is -0.218. The monoisotopic (exact) mass is 234 g/mol. The van der Waals surface area contributed by atoms with E-state index in [1.807, 2.05) is 30.3 Å². The van der Waals surface area contributed by atoms with Crippen molar-refractivity contribution in [2.24, 2.45) is 0 Å². The van der Waals surface area contributed by atoms with Crippen LogP contribution in [0.15, 0.2) is 30.3 Å². The van der Waals surface area contributed by atoms with E-state index in [1.165, 1.54) is 0 Å². The minimum absolute atomic E-state index is 0.130. The van der Waals surface area contributed by atoms with Crippen molar-refractivity contribution in [1.82, 2.24) is 0 Å². The number of carbonyl (C=O) groups is 1. The number of hydrogen-bond acceptors (Lipinski definition) is 4. The predicted octanol–water partition coefficient (Wildman–Crippen LogP) is 1.19. The SMILES string of the molecule is O=C1C[C@@H]2C[C@H](O1)[C@H](O)[C@H](c1ccccc1)O2. The van der Waals surface area contributed by atoms with Crippen LogP contribution >= 0.6 is 0 Å². The Morgan fingerprint density at radius 1 is 1.24 bits per heavy atom. The highest BCUT2D eigenvalue weighted by molar-refractivity contribution is 5.71. The standard InChI is InChI=1S/C13H14O4/c14-11-7-9-6-10(17-11)12(15)13(16-9)8-4-2-1-3-5-8/h1-5,9-10,12-13,15H,6-7H2/t9-,10-,12-,13-/m0/s1. The first-order valence-corrected chi connectivity index (χ1v) is 5.82. The fourth-order valence-electron chi connectivity index (χ4n) is 2.51. The zero-order chi connectivity index (χ0) is 11.8. The second-order valence-corrected chi connectivity index (χ2v) is 4.55. The summed E-state index contributed by atoms with van der Waals surface area (Å²) < 4.78 is 10.9. The lowest BCUT2D eigenvalue weighted by Gasteiger charge is -2.42. The molecule has 4 heteroatoms. The quantitative estimate of drug-likeness (QED) is 0.742. The van der Waals surface area contributed by atoms with Gasteiger partial charge in [-0.05, 0) is 5.56 Å². The molecule has 0 amide bonds. The Kier molecular flexibility index (Phi) is 2.61. The zero-order valence-corrected chi connectivity index (χ0v) is 9.28. The number of benzene rings is 1. The van der Waals surface area contributed by atoms with Crippen molar-refractivity contribution in [3.05, 3.63) is 35.9 Å². The fraction of sp³-hybridized carbons (Fsp3) is 0.462. The number of ether oxygens (including phenoxy) is 2. The first-order valence-electron chi connectivity index (χ1n) is 5.82. The van der Waals surface area contributed by atoms with Crippen LogP contribution in [0, 0.1) is 0 Å². The third kappa shape index (κ3) is 1.94. The maximum absolute atomic E-state index is 11.3. The molecule has 0 aromatic heterocycles. The Balaban J connectivity index is 1.86. The smallest absolute Gasteiger partial charge is 0.308 e. The van der Waals surface area contributed by atoms with Crippen LogP contribution in [-0.2, 0) is 14.3 Å². The van der Waals surface area contributed by atoms with Crippen LogP contribution in [-0.4, -0.2) is 29.4 Å². The fourth-order valence-corrected chi connectivity index (χ4v) is 2.51. The molecule has 0 radical (unpaired) electrons. The molecule has 0 spiro atoms. The lowest BCUT2D eigenvalue weighted by Crippen LogP contribution is -2.50. The van der Waals surface area contributed by atoms with Crippen LogP contribution in [0.1, 0.15) is 24.5 Å². The van der Waals surface area contributed by atoms with E-state index in [1.54, 1.807) is 0 Å². The van der Waals surface area contributed by atoms with Crippen LogP contribution in [0.2, 0.25) is 0 Å². The average molecular weight is 234 g/mol. The number of esters is 1. The lowest BCUT2D eigenvalue weighted by atomic mass is 9.90. The summed E-state index contributed by atoms with van der Waals surface area (Å²) in [6, 6.07) is 9.55. The van der Waals surface area contributed by atoms with Gasteiger partial charge in [-0.15, -0.1) is 0 Å². The number of rotatable bonds is 1. The summed E-state index contributed by atoms with van der Waals surface area (Å²) in [5.74, 6) is -0.281. The Labute approximate surface area is 99.2 Å². The Morgan fingerprint density at radius 2 is 2.00 bits per heavy atom. The van der Waals surface area contributed by atoms with Gasteiger partial charge in [-0.3, -0.25) is 4.79 Å². The number of carbonyl (C=O) groups excluding carboxylic acids is 1. The Morgan fingerprint density at radius 3 is 2.76 bits per heavy atom. The number of fused-ring (bicyclic) bond motifs is 2. The summed E-state index contributed by atoms with van der Waals surface area (Å²) in [5.41, 5.74) is 0.924. The van der Waals surface area contributed by atoms with Crippen molar-refractivity contribution in [2.45, 2.75) is 37.3 Å². The van der Waals surface area contributed by atoms with E-state index in [2.05, 4.69) is 0 Å². The first kappa shape index (κ1) is 10.7. The van der Waals surface area contributed by atoms with Crippen molar-refractivity contribution < 1.29 is 19.4 Å². The van der Waals surface area contributed by atoms with Crippen LogP contribution in [0.5, 0.6) is 0 Å².